The molecule has 1 aliphatic heterocycles. The van der Waals surface area contributed by atoms with Crippen molar-refractivity contribution in [1.29, 1.82) is 0 Å². The number of rotatable bonds is 4. The van der Waals surface area contributed by atoms with Gasteiger partial charge in [-0.05, 0) is 48.9 Å². The fourth-order valence-electron chi connectivity index (χ4n) is 3.39. The van der Waals surface area contributed by atoms with Gasteiger partial charge in [-0.2, -0.15) is 0 Å². The highest BCUT2D eigenvalue weighted by atomic mass is 19.1. The van der Waals surface area contributed by atoms with Crippen LogP contribution in [-0.2, 0) is 4.79 Å². The number of benzene rings is 3. The maximum atomic E-state index is 12.9. The number of carbonyl (C=O) groups is 2. The molecule has 0 saturated heterocycles. The fraction of sp³-hybridized carbons (Fsp3) is 0.0909. The summed E-state index contributed by atoms with van der Waals surface area (Å²) in [6.45, 7) is 2.53. The summed E-state index contributed by atoms with van der Waals surface area (Å²) in [5.41, 5.74) is 2.90. The molecule has 0 saturated carbocycles. The molecule has 134 valence electrons. The fourth-order valence-corrected chi connectivity index (χ4v) is 3.39. The Labute approximate surface area is 155 Å². The highest BCUT2D eigenvalue weighted by Gasteiger charge is 2.29. The SMILES string of the molecule is CCN1C(=O)c2cccc3c(NC(=O)/C=C/c4ccc(F)cc4)ccc1c23. The standard InChI is InChI=1S/C22H17FN2O2/c1-2-25-19-12-11-18(16-4-3-5-17(21(16)19)22(25)27)24-20(26)13-8-14-6-9-15(23)10-7-14/h3-13H,2H2,1H3,(H,24,26)/b13-8+. The summed E-state index contributed by atoms with van der Waals surface area (Å²) < 4.78 is 12.9. The maximum Gasteiger partial charge on any atom is 0.258 e. The molecule has 0 bridgehead atoms. The van der Waals surface area contributed by atoms with E-state index in [1.807, 2.05) is 37.3 Å². The molecule has 1 heterocycles. The molecule has 5 heteroatoms. The molecule has 1 N–H and O–H groups in total. The second-order valence-electron chi connectivity index (χ2n) is 6.28. The van der Waals surface area contributed by atoms with Crippen LogP contribution in [0.1, 0.15) is 22.8 Å². The molecule has 4 nitrogen and oxygen atoms in total. The van der Waals surface area contributed by atoms with Crippen LogP contribution in [-0.4, -0.2) is 18.4 Å². The highest BCUT2D eigenvalue weighted by molar-refractivity contribution is 6.27. The van der Waals surface area contributed by atoms with Gasteiger partial charge in [0.2, 0.25) is 5.91 Å². The van der Waals surface area contributed by atoms with Crippen LogP contribution in [0.4, 0.5) is 15.8 Å². The van der Waals surface area contributed by atoms with Gasteiger partial charge in [0, 0.05) is 34.6 Å². The van der Waals surface area contributed by atoms with Gasteiger partial charge in [-0.15, -0.1) is 0 Å². The molecule has 0 radical (unpaired) electrons. The van der Waals surface area contributed by atoms with Gasteiger partial charge in [-0.1, -0.05) is 24.3 Å². The molecule has 2 amide bonds. The number of nitrogens with zero attached hydrogens (tertiary/aromatic N) is 1. The smallest absolute Gasteiger partial charge is 0.258 e. The van der Waals surface area contributed by atoms with Crippen molar-refractivity contribution >= 4 is 40.0 Å². The molecule has 0 aromatic heterocycles. The van der Waals surface area contributed by atoms with Crippen LogP contribution < -0.4 is 10.2 Å². The Bertz CT molecular complexity index is 1090. The average Bonchev–Trinajstić information content (AvgIpc) is 2.96. The molecule has 27 heavy (non-hydrogen) atoms. The summed E-state index contributed by atoms with van der Waals surface area (Å²) in [6.07, 6.45) is 3.02. The lowest BCUT2D eigenvalue weighted by Gasteiger charge is -2.15. The molecule has 4 rings (SSSR count). The lowest BCUT2D eigenvalue weighted by Crippen LogP contribution is -2.25. The van der Waals surface area contributed by atoms with Crippen LogP contribution >= 0.6 is 0 Å². The molecule has 3 aromatic rings. The lowest BCUT2D eigenvalue weighted by atomic mass is 10.0. The summed E-state index contributed by atoms with van der Waals surface area (Å²) in [5, 5.41) is 4.56. The number of halogens is 1. The van der Waals surface area contributed by atoms with E-state index in [1.54, 1.807) is 23.1 Å². The van der Waals surface area contributed by atoms with Gasteiger partial charge in [0.1, 0.15) is 5.82 Å². The van der Waals surface area contributed by atoms with Crippen molar-refractivity contribution in [2.24, 2.45) is 0 Å². The van der Waals surface area contributed by atoms with Gasteiger partial charge in [0.25, 0.3) is 5.91 Å². The molecular weight excluding hydrogens is 343 g/mol. The van der Waals surface area contributed by atoms with Crippen molar-refractivity contribution in [3.63, 3.8) is 0 Å². The Balaban J connectivity index is 1.64. The van der Waals surface area contributed by atoms with Crippen molar-refractivity contribution in [3.05, 3.63) is 77.6 Å². The monoisotopic (exact) mass is 360 g/mol. The van der Waals surface area contributed by atoms with Crippen LogP contribution in [0.25, 0.3) is 16.8 Å². The van der Waals surface area contributed by atoms with Crippen molar-refractivity contribution in [2.45, 2.75) is 6.92 Å². The Kier molecular flexibility index (Phi) is 4.20. The third-order valence-electron chi connectivity index (χ3n) is 4.66. The Hall–Kier alpha value is -3.47. The van der Waals surface area contributed by atoms with Crippen molar-refractivity contribution in [3.8, 4) is 0 Å². The van der Waals surface area contributed by atoms with Gasteiger partial charge in [0.15, 0.2) is 0 Å². The third-order valence-corrected chi connectivity index (χ3v) is 4.66. The summed E-state index contributed by atoms with van der Waals surface area (Å²) in [4.78, 5) is 26.6. The Morgan fingerprint density at radius 1 is 1.11 bits per heavy atom. The van der Waals surface area contributed by atoms with E-state index >= 15 is 0 Å². The van der Waals surface area contributed by atoms with E-state index in [0.29, 0.717) is 17.8 Å². The number of hydrogen-bond donors (Lipinski definition) is 1. The maximum absolute atomic E-state index is 12.9. The zero-order chi connectivity index (χ0) is 19.0. The van der Waals surface area contributed by atoms with Crippen LogP contribution in [0.2, 0.25) is 0 Å². The normalized spacial score (nSPS) is 13.0. The summed E-state index contributed by atoms with van der Waals surface area (Å²) >= 11 is 0. The van der Waals surface area contributed by atoms with E-state index in [-0.39, 0.29) is 17.6 Å². The summed E-state index contributed by atoms with van der Waals surface area (Å²) in [6, 6.07) is 15.1. The van der Waals surface area contributed by atoms with Crippen molar-refractivity contribution < 1.29 is 14.0 Å². The second kappa shape index (κ2) is 6.68. The predicted molar refractivity (Wildman–Crippen MR) is 105 cm³/mol. The molecule has 0 aliphatic carbocycles. The number of nitrogens with one attached hydrogen (secondary N) is 1. The minimum Gasteiger partial charge on any atom is -0.322 e. The first-order chi connectivity index (χ1) is 13.1. The first-order valence-electron chi connectivity index (χ1n) is 8.70. The quantitative estimate of drug-likeness (QED) is 0.691. The predicted octanol–water partition coefficient (Wildman–Crippen LogP) is 4.61. The molecule has 0 spiro atoms. The number of amides is 2. The van der Waals surface area contributed by atoms with Gasteiger partial charge in [0.05, 0.1) is 5.69 Å². The minimum absolute atomic E-state index is 0.0159. The van der Waals surface area contributed by atoms with E-state index < -0.39 is 0 Å². The largest absolute Gasteiger partial charge is 0.322 e. The van der Waals surface area contributed by atoms with Gasteiger partial charge < -0.3 is 10.2 Å². The summed E-state index contributed by atoms with van der Waals surface area (Å²) in [5.74, 6) is -0.630. The third kappa shape index (κ3) is 2.97. The number of anilines is 2. The Morgan fingerprint density at radius 2 is 1.89 bits per heavy atom. The van der Waals surface area contributed by atoms with Gasteiger partial charge >= 0.3 is 0 Å². The molecule has 0 unspecified atom stereocenters. The highest BCUT2D eigenvalue weighted by Crippen LogP contribution is 2.40. The van der Waals surface area contributed by atoms with E-state index in [1.165, 1.54) is 18.2 Å². The van der Waals surface area contributed by atoms with Crippen molar-refractivity contribution in [1.82, 2.24) is 0 Å². The van der Waals surface area contributed by atoms with Crippen LogP contribution in [0.5, 0.6) is 0 Å². The zero-order valence-electron chi connectivity index (χ0n) is 14.7. The van der Waals surface area contributed by atoms with Crippen LogP contribution in [0.15, 0.2) is 60.7 Å². The molecular formula is C22H17FN2O2. The topological polar surface area (TPSA) is 49.4 Å². The van der Waals surface area contributed by atoms with E-state index in [2.05, 4.69) is 5.32 Å². The van der Waals surface area contributed by atoms with E-state index in [4.69, 9.17) is 0 Å². The second-order valence-corrected chi connectivity index (χ2v) is 6.28. The van der Waals surface area contributed by atoms with Crippen LogP contribution in [0.3, 0.4) is 0 Å². The summed E-state index contributed by atoms with van der Waals surface area (Å²) in [7, 11) is 0. The molecule has 3 aromatic carbocycles. The van der Waals surface area contributed by atoms with E-state index in [0.717, 1.165) is 22.0 Å². The molecule has 0 atom stereocenters. The first kappa shape index (κ1) is 17.0. The van der Waals surface area contributed by atoms with Crippen molar-refractivity contribution in [2.75, 3.05) is 16.8 Å². The molecule has 0 fully saturated rings. The van der Waals surface area contributed by atoms with Gasteiger partial charge in [-0.3, -0.25) is 9.59 Å². The average molecular weight is 360 g/mol. The van der Waals surface area contributed by atoms with Gasteiger partial charge in [-0.25, -0.2) is 4.39 Å². The first-order valence-corrected chi connectivity index (χ1v) is 8.70. The lowest BCUT2D eigenvalue weighted by molar-refractivity contribution is -0.111. The number of hydrogen-bond acceptors (Lipinski definition) is 2. The number of carbonyl (C=O) groups excluding carboxylic acids is 2. The zero-order valence-corrected chi connectivity index (χ0v) is 14.7. The minimum atomic E-state index is -0.319. The van der Waals surface area contributed by atoms with E-state index in [9.17, 15) is 14.0 Å². The molecule has 1 aliphatic rings. The van der Waals surface area contributed by atoms with Crippen LogP contribution in [0, 0.1) is 5.82 Å². The Morgan fingerprint density at radius 3 is 2.63 bits per heavy atom.